The average molecular weight is 390 g/mol. The lowest BCUT2D eigenvalue weighted by molar-refractivity contribution is 0.0636. The Hall–Kier alpha value is -3.68. The molecule has 2 heterocycles. The van der Waals surface area contributed by atoms with Crippen molar-refractivity contribution in [2.45, 2.75) is 26.4 Å². The van der Waals surface area contributed by atoms with Crippen molar-refractivity contribution in [2.75, 3.05) is 5.32 Å². The summed E-state index contributed by atoms with van der Waals surface area (Å²) in [6, 6.07) is 15.3. The maximum atomic E-state index is 12.0. The van der Waals surface area contributed by atoms with Crippen molar-refractivity contribution < 1.29 is 9.53 Å². The summed E-state index contributed by atoms with van der Waals surface area (Å²) in [4.78, 5) is 16.6. The van der Waals surface area contributed by atoms with Crippen LogP contribution >= 0.6 is 0 Å². The molecule has 29 heavy (non-hydrogen) atoms. The van der Waals surface area contributed by atoms with E-state index in [9.17, 15) is 4.79 Å². The standard InChI is InChI=1S/C21H22N6O2/c1-21(2,3)29-20(28)22-15-9-7-8-14(12-15)17-13-27(25-24-17)19-23-16-10-5-6-11-18(16)26(19)4/h5-13H,1-4H3,(H,22,28). The second kappa shape index (κ2) is 7.05. The number of nitrogens with zero attached hydrogens (tertiary/aromatic N) is 5. The van der Waals surface area contributed by atoms with Gasteiger partial charge in [0.25, 0.3) is 0 Å². The van der Waals surface area contributed by atoms with E-state index in [2.05, 4.69) is 20.6 Å². The maximum absolute atomic E-state index is 12.0. The molecule has 0 spiro atoms. The number of carbonyl (C=O) groups excluding carboxylic acids is 1. The predicted octanol–water partition coefficient (Wildman–Crippen LogP) is 4.17. The van der Waals surface area contributed by atoms with E-state index in [0.29, 0.717) is 17.3 Å². The highest BCUT2D eigenvalue weighted by molar-refractivity contribution is 5.86. The number of anilines is 1. The van der Waals surface area contributed by atoms with Crippen LogP contribution in [-0.2, 0) is 11.8 Å². The van der Waals surface area contributed by atoms with Crippen LogP contribution in [-0.4, -0.2) is 36.2 Å². The Morgan fingerprint density at radius 1 is 1.10 bits per heavy atom. The number of carbonyl (C=O) groups is 1. The van der Waals surface area contributed by atoms with Crippen molar-refractivity contribution in [3.8, 4) is 17.2 Å². The number of aryl methyl sites for hydroxylation is 1. The van der Waals surface area contributed by atoms with E-state index in [1.807, 2.05) is 81.0 Å². The first-order valence-corrected chi connectivity index (χ1v) is 9.25. The van der Waals surface area contributed by atoms with E-state index in [-0.39, 0.29) is 0 Å². The fourth-order valence-electron chi connectivity index (χ4n) is 3.01. The van der Waals surface area contributed by atoms with Crippen molar-refractivity contribution in [1.29, 1.82) is 0 Å². The first kappa shape index (κ1) is 18.7. The molecule has 0 saturated carbocycles. The van der Waals surface area contributed by atoms with Crippen molar-refractivity contribution in [3.05, 3.63) is 54.7 Å². The van der Waals surface area contributed by atoms with Crippen molar-refractivity contribution in [3.63, 3.8) is 0 Å². The van der Waals surface area contributed by atoms with Crippen LogP contribution in [0.1, 0.15) is 20.8 Å². The molecule has 0 atom stereocenters. The number of aromatic nitrogens is 5. The molecule has 148 valence electrons. The normalized spacial score (nSPS) is 11.6. The fourth-order valence-corrected chi connectivity index (χ4v) is 3.01. The van der Waals surface area contributed by atoms with E-state index in [1.165, 1.54) is 0 Å². The molecule has 0 aliphatic rings. The number of amides is 1. The molecule has 0 unspecified atom stereocenters. The van der Waals surface area contributed by atoms with Gasteiger partial charge in [0.2, 0.25) is 5.95 Å². The summed E-state index contributed by atoms with van der Waals surface area (Å²) < 4.78 is 8.91. The van der Waals surface area contributed by atoms with Crippen LogP contribution in [0.15, 0.2) is 54.7 Å². The van der Waals surface area contributed by atoms with Crippen LogP contribution in [0, 0.1) is 0 Å². The second-order valence-electron chi connectivity index (χ2n) is 7.72. The lowest BCUT2D eigenvalue weighted by Crippen LogP contribution is -2.27. The Labute approximate surface area is 168 Å². The molecule has 0 bridgehead atoms. The zero-order chi connectivity index (χ0) is 20.6. The molecule has 0 fully saturated rings. The third kappa shape index (κ3) is 3.96. The summed E-state index contributed by atoms with van der Waals surface area (Å²) in [6.45, 7) is 5.47. The summed E-state index contributed by atoms with van der Waals surface area (Å²) in [5.41, 5.74) is 3.46. The topological polar surface area (TPSA) is 86.9 Å². The van der Waals surface area contributed by atoms with Crippen LogP contribution in [0.5, 0.6) is 0 Å². The summed E-state index contributed by atoms with van der Waals surface area (Å²) in [6.07, 6.45) is 1.31. The first-order chi connectivity index (χ1) is 13.8. The number of para-hydroxylation sites is 2. The number of ether oxygens (including phenoxy) is 1. The van der Waals surface area contributed by atoms with Crippen molar-refractivity contribution in [2.24, 2.45) is 7.05 Å². The van der Waals surface area contributed by atoms with Gasteiger partial charge in [0, 0.05) is 18.3 Å². The Morgan fingerprint density at radius 3 is 2.66 bits per heavy atom. The third-order valence-corrected chi connectivity index (χ3v) is 4.27. The van der Waals surface area contributed by atoms with Gasteiger partial charge in [-0.15, -0.1) is 5.10 Å². The maximum Gasteiger partial charge on any atom is 0.412 e. The van der Waals surface area contributed by atoms with E-state index in [4.69, 9.17) is 4.74 Å². The van der Waals surface area contributed by atoms with Gasteiger partial charge in [-0.25, -0.2) is 9.78 Å². The Balaban J connectivity index is 1.60. The van der Waals surface area contributed by atoms with Gasteiger partial charge in [0.05, 0.1) is 17.2 Å². The summed E-state index contributed by atoms with van der Waals surface area (Å²) >= 11 is 0. The van der Waals surface area contributed by atoms with Gasteiger partial charge in [-0.1, -0.05) is 29.5 Å². The van der Waals surface area contributed by atoms with Crippen LogP contribution in [0.3, 0.4) is 0 Å². The first-order valence-electron chi connectivity index (χ1n) is 9.25. The molecule has 1 N–H and O–H groups in total. The van der Waals surface area contributed by atoms with Crippen LogP contribution in [0.4, 0.5) is 10.5 Å². The fraction of sp³-hybridized carbons (Fsp3) is 0.238. The average Bonchev–Trinajstić information content (AvgIpc) is 3.26. The quantitative estimate of drug-likeness (QED) is 0.567. The second-order valence-corrected chi connectivity index (χ2v) is 7.72. The number of rotatable bonds is 3. The number of benzene rings is 2. The number of imidazole rings is 1. The molecule has 1 amide bonds. The third-order valence-electron chi connectivity index (χ3n) is 4.27. The summed E-state index contributed by atoms with van der Waals surface area (Å²) in [5, 5.41) is 11.2. The van der Waals surface area contributed by atoms with Crippen LogP contribution in [0.25, 0.3) is 28.2 Å². The molecule has 8 heteroatoms. The van der Waals surface area contributed by atoms with Gasteiger partial charge in [-0.05, 0) is 45.0 Å². The van der Waals surface area contributed by atoms with E-state index < -0.39 is 11.7 Å². The van der Waals surface area contributed by atoms with Gasteiger partial charge in [0.15, 0.2) is 0 Å². The molecule has 0 aliphatic carbocycles. The minimum atomic E-state index is -0.560. The highest BCUT2D eigenvalue weighted by Crippen LogP contribution is 2.23. The smallest absolute Gasteiger partial charge is 0.412 e. The molecular weight excluding hydrogens is 368 g/mol. The molecule has 2 aromatic heterocycles. The van der Waals surface area contributed by atoms with Crippen LogP contribution in [0.2, 0.25) is 0 Å². The largest absolute Gasteiger partial charge is 0.444 e. The van der Waals surface area contributed by atoms with Gasteiger partial charge in [-0.3, -0.25) is 5.32 Å². The Bertz CT molecular complexity index is 1190. The lowest BCUT2D eigenvalue weighted by Gasteiger charge is -2.19. The zero-order valence-corrected chi connectivity index (χ0v) is 16.7. The summed E-state index contributed by atoms with van der Waals surface area (Å²) in [7, 11) is 1.94. The van der Waals surface area contributed by atoms with Gasteiger partial charge >= 0.3 is 6.09 Å². The molecule has 0 aliphatic heterocycles. The SMILES string of the molecule is Cn1c(-n2cc(-c3cccc(NC(=O)OC(C)(C)C)c3)nn2)nc2ccccc21. The monoisotopic (exact) mass is 390 g/mol. The van der Waals surface area contributed by atoms with Crippen molar-refractivity contribution >= 4 is 22.8 Å². The minimum Gasteiger partial charge on any atom is -0.444 e. The lowest BCUT2D eigenvalue weighted by atomic mass is 10.1. The highest BCUT2D eigenvalue weighted by atomic mass is 16.6. The van der Waals surface area contributed by atoms with Gasteiger partial charge < -0.3 is 9.30 Å². The molecule has 0 radical (unpaired) electrons. The molecule has 4 rings (SSSR count). The number of hydrogen-bond donors (Lipinski definition) is 1. The Kier molecular flexibility index (Phi) is 4.54. The minimum absolute atomic E-state index is 0.502. The molecular formula is C21H22N6O2. The van der Waals surface area contributed by atoms with E-state index >= 15 is 0 Å². The molecule has 2 aromatic carbocycles. The van der Waals surface area contributed by atoms with Gasteiger partial charge in [-0.2, -0.15) is 4.68 Å². The Morgan fingerprint density at radius 2 is 1.90 bits per heavy atom. The highest BCUT2D eigenvalue weighted by Gasteiger charge is 2.17. The van der Waals surface area contributed by atoms with Crippen LogP contribution < -0.4 is 5.32 Å². The van der Waals surface area contributed by atoms with E-state index in [1.54, 1.807) is 10.7 Å². The predicted molar refractivity (Wildman–Crippen MR) is 111 cm³/mol. The summed E-state index contributed by atoms with van der Waals surface area (Å²) in [5.74, 6) is 0.674. The van der Waals surface area contributed by atoms with Crippen molar-refractivity contribution in [1.82, 2.24) is 24.5 Å². The number of fused-ring (bicyclic) bond motifs is 1. The molecule has 0 saturated heterocycles. The number of hydrogen-bond acceptors (Lipinski definition) is 5. The molecule has 8 nitrogen and oxygen atoms in total. The zero-order valence-electron chi connectivity index (χ0n) is 16.7. The number of nitrogens with one attached hydrogen (secondary N) is 1. The van der Waals surface area contributed by atoms with E-state index in [0.717, 1.165) is 16.6 Å². The molecule has 4 aromatic rings. The van der Waals surface area contributed by atoms with Gasteiger partial charge in [0.1, 0.15) is 11.3 Å².